The molecule has 0 spiro atoms. The molecule has 3 aromatic rings. The first kappa shape index (κ1) is 15.7. The molecular formula is C19H16N2O3. The van der Waals surface area contributed by atoms with Crippen LogP contribution in [-0.2, 0) is 0 Å². The van der Waals surface area contributed by atoms with Crippen molar-refractivity contribution in [3.05, 3.63) is 75.3 Å². The minimum absolute atomic E-state index is 0.0737. The van der Waals surface area contributed by atoms with Gasteiger partial charge in [-0.1, -0.05) is 29.8 Å². The summed E-state index contributed by atoms with van der Waals surface area (Å²) < 4.78 is 5.35. The second kappa shape index (κ2) is 6.50. The molecule has 5 nitrogen and oxygen atoms in total. The third-order valence-electron chi connectivity index (χ3n) is 3.73. The van der Waals surface area contributed by atoms with Crippen molar-refractivity contribution in [1.82, 2.24) is 4.98 Å². The number of hydrogen-bond acceptors (Lipinski definition) is 4. The Hall–Kier alpha value is -3.21. The number of fused-ring (bicyclic) bond motifs is 1. The van der Waals surface area contributed by atoms with Crippen LogP contribution in [0.25, 0.3) is 23.1 Å². The summed E-state index contributed by atoms with van der Waals surface area (Å²) in [6.45, 7) is 1.90. The molecule has 24 heavy (non-hydrogen) atoms. The SMILES string of the molecule is COc1nc2ccccc2cc1/C=C/c1cc(C)ccc1[N+](=O)[O-]. The molecule has 0 amide bonds. The van der Waals surface area contributed by atoms with E-state index in [1.165, 1.54) is 6.07 Å². The van der Waals surface area contributed by atoms with Crippen LogP contribution in [0.5, 0.6) is 5.88 Å². The van der Waals surface area contributed by atoms with E-state index >= 15 is 0 Å². The van der Waals surface area contributed by atoms with Gasteiger partial charge in [-0.2, -0.15) is 0 Å². The second-order valence-electron chi connectivity index (χ2n) is 5.43. The first-order chi connectivity index (χ1) is 11.6. The summed E-state index contributed by atoms with van der Waals surface area (Å²) in [6.07, 6.45) is 3.51. The highest BCUT2D eigenvalue weighted by Crippen LogP contribution is 2.26. The minimum atomic E-state index is -0.380. The standard InChI is InChI=1S/C19H16N2O3/c1-13-7-10-18(21(22)23)15(11-13)8-9-16-12-14-5-3-4-6-17(14)20-19(16)24-2/h3-12H,1-2H3/b9-8+. The molecule has 1 aromatic heterocycles. The van der Waals surface area contributed by atoms with Crippen molar-refractivity contribution in [2.45, 2.75) is 6.92 Å². The van der Waals surface area contributed by atoms with Gasteiger partial charge in [-0.25, -0.2) is 4.98 Å². The number of nitrogens with zero attached hydrogens (tertiary/aromatic N) is 2. The van der Waals surface area contributed by atoms with Crippen LogP contribution in [0, 0.1) is 17.0 Å². The van der Waals surface area contributed by atoms with Crippen LogP contribution in [0.2, 0.25) is 0 Å². The summed E-state index contributed by atoms with van der Waals surface area (Å²) in [5.41, 5.74) is 3.20. The van der Waals surface area contributed by atoms with Gasteiger partial charge >= 0.3 is 0 Å². The first-order valence-corrected chi connectivity index (χ1v) is 7.45. The Bertz CT molecular complexity index is 948. The largest absolute Gasteiger partial charge is 0.481 e. The zero-order valence-electron chi connectivity index (χ0n) is 13.4. The van der Waals surface area contributed by atoms with E-state index in [0.717, 1.165) is 22.0 Å². The number of nitro groups is 1. The predicted molar refractivity (Wildman–Crippen MR) is 95.1 cm³/mol. The third-order valence-corrected chi connectivity index (χ3v) is 3.73. The number of benzene rings is 2. The van der Waals surface area contributed by atoms with Crippen molar-refractivity contribution >= 4 is 28.7 Å². The van der Waals surface area contributed by atoms with Gasteiger partial charge in [0, 0.05) is 17.0 Å². The molecule has 0 aliphatic heterocycles. The summed E-state index contributed by atoms with van der Waals surface area (Å²) in [7, 11) is 1.56. The summed E-state index contributed by atoms with van der Waals surface area (Å²) in [5.74, 6) is 0.486. The minimum Gasteiger partial charge on any atom is -0.481 e. The maximum atomic E-state index is 11.2. The van der Waals surface area contributed by atoms with Gasteiger partial charge in [0.1, 0.15) is 0 Å². The van der Waals surface area contributed by atoms with E-state index in [0.29, 0.717) is 11.4 Å². The lowest BCUT2D eigenvalue weighted by Crippen LogP contribution is -1.93. The fourth-order valence-corrected chi connectivity index (χ4v) is 2.55. The number of aryl methyl sites for hydroxylation is 1. The van der Waals surface area contributed by atoms with Crippen molar-refractivity contribution in [2.75, 3.05) is 7.11 Å². The molecule has 5 heteroatoms. The van der Waals surface area contributed by atoms with E-state index in [9.17, 15) is 10.1 Å². The molecule has 0 fully saturated rings. The molecule has 0 radical (unpaired) electrons. The second-order valence-corrected chi connectivity index (χ2v) is 5.43. The summed E-state index contributed by atoms with van der Waals surface area (Å²) in [5, 5.41) is 12.2. The molecule has 0 bridgehead atoms. The van der Waals surface area contributed by atoms with Crippen LogP contribution >= 0.6 is 0 Å². The number of para-hydroxylation sites is 1. The molecular weight excluding hydrogens is 304 g/mol. The van der Waals surface area contributed by atoms with Crippen molar-refractivity contribution in [1.29, 1.82) is 0 Å². The number of aromatic nitrogens is 1. The monoisotopic (exact) mass is 320 g/mol. The quantitative estimate of drug-likeness (QED) is 0.519. The number of ether oxygens (including phenoxy) is 1. The van der Waals surface area contributed by atoms with Crippen LogP contribution in [-0.4, -0.2) is 17.0 Å². The fourth-order valence-electron chi connectivity index (χ4n) is 2.55. The number of pyridine rings is 1. The Kier molecular flexibility index (Phi) is 4.24. The van der Waals surface area contributed by atoms with Gasteiger partial charge in [-0.05, 0) is 37.3 Å². The maximum Gasteiger partial charge on any atom is 0.276 e. The average Bonchev–Trinajstić information content (AvgIpc) is 2.58. The average molecular weight is 320 g/mol. The van der Waals surface area contributed by atoms with Gasteiger partial charge in [-0.3, -0.25) is 10.1 Å². The predicted octanol–water partition coefficient (Wildman–Crippen LogP) is 4.63. The van der Waals surface area contributed by atoms with Gasteiger partial charge < -0.3 is 4.74 Å². The number of methoxy groups -OCH3 is 1. The molecule has 0 saturated heterocycles. The van der Waals surface area contributed by atoms with Crippen LogP contribution in [0.4, 0.5) is 5.69 Å². The van der Waals surface area contributed by atoms with Gasteiger partial charge in [0.2, 0.25) is 5.88 Å². The smallest absolute Gasteiger partial charge is 0.276 e. The highest BCUT2D eigenvalue weighted by molar-refractivity contribution is 5.85. The maximum absolute atomic E-state index is 11.2. The van der Waals surface area contributed by atoms with Crippen LogP contribution < -0.4 is 4.74 Å². The fraction of sp³-hybridized carbons (Fsp3) is 0.105. The molecule has 0 N–H and O–H groups in total. The molecule has 0 saturated carbocycles. The zero-order valence-corrected chi connectivity index (χ0v) is 13.4. The Balaban J connectivity index is 2.08. The highest BCUT2D eigenvalue weighted by Gasteiger charge is 2.11. The van der Waals surface area contributed by atoms with E-state index in [1.54, 1.807) is 31.4 Å². The summed E-state index contributed by atoms with van der Waals surface area (Å²) in [6, 6.07) is 14.7. The zero-order chi connectivity index (χ0) is 17.1. The third kappa shape index (κ3) is 3.10. The number of rotatable bonds is 4. The van der Waals surface area contributed by atoms with Crippen molar-refractivity contribution < 1.29 is 9.66 Å². The number of hydrogen-bond donors (Lipinski definition) is 0. The van der Waals surface area contributed by atoms with Gasteiger partial charge in [0.25, 0.3) is 5.69 Å². The van der Waals surface area contributed by atoms with E-state index in [2.05, 4.69) is 4.98 Å². The number of nitro benzene ring substituents is 1. The lowest BCUT2D eigenvalue weighted by molar-refractivity contribution is -0.385. The first-order valence-electron chi connectivity index (χ1n) is 7.45. The molecule has 1 heterocycles. The topological polar surface area (TPSA) is 65.3 Å². The lowest BCUT2D eigenvalue weighted by Gasteiger charge is -2.06. The van der Waals surface area contributed by atoms with E-state index in [4.69, 9.17) is 4.74 Å². The molecule has 2 aromatic carbocycles. The van der Waals surface area contributed by atoms with Gasteiger partial charge in [0.05, 0.1) is 23.1 Å². The molecule has 120 valence electrons. The normalized spacial score (nSPS) is 11.1. The van der Waals surface area contributed by atoms with E-state index in [-0.39, 0.29) is 10.6 Å². The molecule has 0 aliphatic carbocycles. The van der Waals surface area contributed by atoms with Crippen molar-refractivity contribution in [3.63, 3.8) is 0 Å². The highest BCUT2D eigenvalue weighted by atomic mass is 16.6. The van der Waals surface area contributed by atoms with E-state index in [1.807, 2.05) is 37.3 Å². The Labute approximate surface area is 139 Å². The van der Waals surface area contributed by atoms with Gasteiger partial charge in [-0.15, -0.1) is 0 Å². The molecule has 0 atom stereocenters. The molecule has 0 unspecified atom stereocenters. The lowest BCUT2D eigenvalue weighted by atomic mass is 10.1. The van der Waals surface area contributed by atoms with Crippen molar-refractivity contribution in [3.8, 4) is 5.88 Å². The molecule has 0 aliphatic rings. The van der Waals surface area contributed by atoms with Crippen molar-refractivity contribution in [2.24, 2.45) is 0 Å². The summed E-state index contributed by atoms with van der Waals surface area (Å²) >= 11 is 0. The summed E-state index contributed by atoms with van der Waals surface area (Å²) in [4.78, 5) is 15.3. The van der Waals surface area contributed by atoms with Gasteiger partial charge in [0.15, 0.2) is 0 Å². The molecule has 3 rings (SSSR count). The Morgan fingerprint density at radius 3 is 2.58 bits per heavy atom. The Morgan fingerprint density at radius 1 is 1.08 bits per heavy atom. The van der Waals surface area contributed by atoms with Crippen LogP contribution in [0.15, 0.2) is 48.5 Å². The van der Waals surface area contributed by atoms with E-state index < -0.39 is 0 Å². The van der Waals surface area contributed by atoms with Crippen LogP contribution in [0.3, 0.4) is 0 Å². The van der Waals surface area contributed by atoms with Crippen LogP contribution in [0.1, 0.15) is 16.7 Å². The Morgan fingerprint density at radius 2 is 1.83 bits per heavy atom.